The number of furan rings is 1. The van der Waals surface area contributed by atoms with E-state index >= 15 is 0 Å². The fraction of sp³-hybridized carbons (Fsp3) is 0.318. The van der Waals surface area contributed by atoms with E-state index in [-0.39, 0.29) is 24.1 Å². The molecule has 31 heavy (non-hydrogen) atoms. The van der Waals surface area contributed by atoms with Gasteiger partial charge in [0.25, 0.3) is 5.91 Å². The summed E-state index contributed by atoms with van der Waals surface area (Å²) < 4.78 is 5.28. The Morgan fingerprint density at radius 1 is 0.903 bits per heavy atom. The molecule has 9 heteroatoms. The molecule has 158 valence electrons. The molecule has 2 aliphatic heterocycles. The molecule has 9 nitrogen and oxygen atoms in total. The van der Waals surface area contributed by atoms with Crippen LogP contribution in [0.5, 0.6) is 0 Å². The predicted octanol–water partition coefficient (Wildman–Crippen LogP) is 1.55. The highest BCUT2D eigenvalue weighted by molar-refractivity contribution is 5.93. The molecule has 2 aliphatic rings. The number of carbonyl (C=O) groups is 2. The number of nitrogens with zero attached hydrogens (tertiary/aromatic N) is 6. The van der Waals surface area contributed by atoms with Crippen molar-refractivity contribution >= 4 is 17.8 Å². The number of hydrogen-bond acceptors (Lipinski definition) is 7. The summed E-state index contributed by atoms with van der Waals surface area (Å²) in [4.78, 5) is 45.0. The van der Waals surface area contributed by atoms with E-state index in [1.54, 1.807) is 41.7 Å². The van der Waals surface area contributed by atoms with E-state index in [4.69, 9.17) is 4.42 Å². The summed E-state index contributed by atoms with van der Waals surface area (Å²) in [6, 6.07) is 8.87. The van der Waals surface area contributed by atoms with Gasteiger partial charge in [-0.2, -0.15) is 0 Å². The van der Waals surface area contributed by atoms with Crippen molar-refractivity contribution in [2.24, 2.45) is 0 Å². The predicted molar refractivity (Wildman–Crippen MR) is 111 cm³/mol. The second-order valence-corrected chi connectivity index (χ2v) is 7.62. The lowest BCUT2D eigenvalue weighted by atomic mass is 9.93. The molecule has 0 saturated carbocycles. The van der Waals surface area contributed by atoms with Crippen LogP contribution in [0.4, 0.5) is 5.95 Å². The van der Waals surface area contributed by atoms with E-state index in [2.05, 4.69) is 19.9 Å². The number of aromatic nitrogens is 3. The Morgan fingerprint density at radius 2 is 1.68 bits per heavy atom. The molecule has 3 aromatic rings. The van der Waals surface area contributed by atoms with Gasteiger partial charge in [-0.25, -0.2) is 9.97 Å². The van der Waals surface area contributed by atoms with Crippen molar-refractivity contribution in [3.8, 4) is 0 Å². The number of carbonyl (C=O) groups excluding carboxylic acids is 2. The molecule has 0 aromatic carbocycles. The molecule has 5 rings (SSSR count). The van der Waals surface area contributed by atoms with Crippen LogP contribution in [0.1, 0.15) is 27.7 Å². The Morgan fingerprint density at radius 3 is 2.42 bits per heavy atom. The third kappa shape index (κ3) is 3.74. The van der Waals surface area contributed by atoms with Gasteiger partial charge in [0.05, 0.1) is 17.9 Å². The fourth-order valence-electron chi connectivity index (χ4n) is 4.18. The number of amides is 2. The van der Waals surface area contributed by atoms with Gasteiger partial charge in [0, 0.05) is 57.9 Å². The second-order valence-electron chi connectivity index (χ2n) is 7.62. The van der Waals surface area contributed by atoms with E-state index in [1.165, 1.54) is 6.26 Å². The maximum atomic E-state index is 13.5. The number of anilines is 1. The van der Waals surface area contributed by atoms with Gasteiger partial charge < -0.3 is 19.1 Å². The summed E-state index contributed by atoms with van der Waals surface area (Å²) in [6.45, 7) is 3.15. The summed E-state index contributed by atoms with van der Waals surface area (Å²) in [5.74, 6) is 0.224. The quantitative estimate of drug-likeness (QED) is 0.637. The summed E-state index contributed by atoms with van der Waals surface area (Å²) in [5, 5.41) is 0. The first kappa shape index (κ1) is 19.2. The maximum absolute atomic E-state index is 13.5. The number of piperazine rings is 1. The van der Waals surface area contributed by atoms with Gasteiger partial charge in [-0.15, -0.1) is 0 Å². The van der Waals surface area contributed by atoms with Crippen molar-refractivity contribution in [2.45, 2.75) is 12.5 Å². The Kier molecular flexibility index (Phi) is 5.07. The Balaban J connectivity index is 1.33. The molecule has 0 radical (unpaired) electrons. The maximum Gasteiger partial charge on any atom is 0.289 e. The van der Waals surface area contributed by atoms with Crippen molar-refractivity contribution in [3.63, 3.8) is 0 Å². The molecule has 0 N–H and O–H groups in total. The zero-order valence-corrected chi connectivity index (χ0v) is 16.9. The third-order valence-corrected chi connectivity index (χ3v) is 5.76. The minimum atomic E-state index is -0.497. The number of hydrogen-bond donors (Lipinski definition) is 0. The Labute approximate surface area is 179 Å². The molecule has 1 saturated heterocycles. The van der Waals surface area contributed by atoms with Crippen LogP contribution in [0.15, 0.2) is 59.6 Å². The zero-order valence-electron chi connectivity index (χ0n) is 16.9. The monoisotopic (exact) mass is 418 g/mol. The highest BCUT2D eigenvalue weighted by Gasteiger charge is 2.37. The molecular weight excluding hydrogens is 396 g/mol. The van der Waals surface area contributed by atoms with Crippen LogP contribution in [0.25, 0.3) is 0 Å². The summed E-state index contributed by atoms with van der Waals surface area (Å²) in [6.07, 6.45) is 6.61. The smallest absolute Gasteiger partial charge is 0.289 e. The van der Waals surface area contributed by atoms with Crippen molar-refractivity contribution in [3.05, 3.63) is 72.2 Å². The van der Waals surface area contributed by atoms with Crippen LogP contribution in [0, 0.1) is 0 Å². The average Bonchev–Trinajstić information content (AvgIpc) is 3.38. The summed E-state index contributed by atoms with van der Waals surface area (Å²) in [5.41, 5.74) is 1.65. The lowest BCUT2D eigenvalue weighted by molar-refractivity contribution is -0.133. The first-order valence-corrected chi connectivity index (χ1v) is 10.3. The minimum Gasteiger partial charge on any atom is -0.459 e. The van der Waals surface area contributed by atoms with Crippen molar-refractivity contribution in [2.75, 3.05) is 37.6 Å². The molecule has 0 bridgehead atoms. The van der Waals surface area contributed by atoms with Gasteiger partial charge in [0.2, 0.25) is 11.9 Å². The summed E-state index contributed by atoms with van der Waals surface area (Å²) >= 11 is 0. The molecule has 1 fully saturated rings. The molecule has 5 heterocycles. The van der Waals surface area contributed by atoms with E-state index in [9.17, 15) is 9.59 Å². The largest absolute Gasteiger partial charge is 0.459 e. The minimum absolute atomic E-state index is 0.00877. The molecule has 2 amide bonds. The first-order valence-electron chi connectivity index (χ1n) is 10.3. The lowest BCUT2D eigenvalue weighted by Crippen LogP contribution is -2.52. The van der Waals surface area contributed by atoms with Gasteiger partial charge in [-0.3, -0.25) is 14.6 Å². The normalized spacial score (nSPS) is 18.6. The van der Waals surface area contributed by atoms with E-state index < -0.39 is 5.92 Å². The topological polar surface area (TPSA) is 95.7 Å². The van der Waals surface area contributed by atoms with Crippen molar-refractivity contribution in [1.29, 1.82) is 0 Å². The van der Waals surface area contributed by atoms with E-state index in [0.717, 1.165) is 11.3 Å². The highest BCUT2D eigenvalue weighted by Crippen LogP contribution is 2.29. The molecule has 1 unspecified atom stereocenters. The molecule has 0 spiro atoms. The van der Waals surface area contributed by atoms with Crippen LogP contribution in [0.3, 0.4) is 0 Å². The second kappa shape index (κ2) is 8.17. The van der Waals surface area contributed by atoms with Crippen LogP contribution in [0.2, 0.25) is 0 Å². The number of pyridine rings is 1. The third-order valence-electron chi connectivity index (χ3n) is 5.76. The van der Waals surface area contributed by atoms with Crippen molar-refractivity contribution in [1.82, 2.24) is 24.8 Å². The van der Waals surface area contributed by atoms with E-state index in [1.807, 2.05) is 17.0 Å². The summed E-state index contributed by atoms with van der Waals surface area (Å²) in [7, 11) is 0. The Hall–Kier alpha value is -3.75. The Bertz CT molecular complexity index is 1060. The van der Waals surface area contributed by atoms with Gasteiger partial charge in [-0.05, 0) is 29.8 Å². The van der Waals surface area contributed by atoms with Gasteiger partial charge in [-0.1, -0.05) is 6.07 Å². The van der Waals surface area contributed by atoms with Crippen LogP contribution < -0.4 is 4.90 Å². The molecule has 3 aromatic heterocycles. The standard InChI is InChI=1S/C22H22N6O3/c29-20(26-9-11-27(12-10-26)22-24-7-3-8-25-22)17-15-28(21(30)18-5-2-13-31-18)14-16-4-1-6-23-19(16)17/h1-8,13,17H,9-12,14-15H2. The van der Waals surface area contributed by atoms with E-state index in [0.29, 0.717) is 38.7 Å². The van der Waals surface area contributed by atoms with Crippen molar-refractivity contribution < 1.29 is 14.0 Å². The van der Waals surface area contributed by atoms with Crippen LogP contribution >= 0.6 is 0 Å². The number of rotatable bonds is 3. The highest BCUT2D eigenvalue weighted by atomic mass is 16.3. The molecule has 1 atom stereocenters. The first-order chi connectivity index (χ1) is 15.2. The van der Waals surface area contributed by atoms with Gasteiger partial charge in [0.1, 0.15) is 0 Å². The lowest BCUT2D eigenvalue weighted by Gasteiger charge is -2.39. The van der Waals surface area contributed by atoms with Gasteiger partial charge in [0.15, 0.2) is 5.76 Å². The van der Waals surface area contributed by atoms with Crippen LogP contribution in [-0.2, 0) is 11.3 Å². The average molecular weight is 418 g/mol. The van der Waals surface area contributed by atoms with Crippen LogP contribution in [-0.4, -0.2) is 69.3 Å². The fourth-order valence-corrected chi connectivity index (χ4v) is 4.18. The molecule has 0 aliphatic carbocycles. The zero-order chi connectivity index (χ0) is 21.2. The molecular formula is C22H22N6O3. The SMILES string of the molecule is O=C(c1ccco1)N1Cc2cccnc2C(C(=O)N2CCN(c3ncccn3)CC2)C1. The van der Waals surface area contributed by atoms with Gasteiger partial charge >= 0.3 is 0 Å². The number of fused-ring (bicyclic) bond motifs is 1.